The van der Waals surface area contributed by atoms with E-state index in [4.69, 9.17) is 10.5 Å². The molecule has 1 amide bonds. The first-order valence-corrected chi connectivity index (χ1v) is 5.96. The Hall–Kier alpha value is -0.610. The number of rotatable bonds is 4. The van der Waals surface area contributed by atoms with Crippen LogP contribution in [0, 0.1) is 0 Å². The van der Waals surface area contributed by atoms with Gasteiger partial charge in [0.05, 0.1) is 11.1 Å². The zero-order chi connectivity index (χ0) is 12.4. The Morgan fingerprint density at radius 3 is 2.44 bits per heavy atom. The van der Waals surface area contributed by atoms with Gasteiger partial charge >= 0.3 is 0 Å². The maximum Gasteiger partial charge on any atom is 0.248 e. The van der Waals surface area contributed by atoms with Gasteiger partial charge in [-0.15, -0.1) is 0 Å². The minimum absolute atomic E-state index is 0.0482. The summed E-state index contributed by atoms with van der Waals surface area (Å²) in [5, 5.41) is 0. The van der Waals surface area contributed by atoms with Gasteiger partial charge in [0, 0.05) is 13.1 Å². The van der Waals surface area contributed by atoms with Crippen LogP contribution in [0.15, 0.2) is 0 Å². The summed E-state index contributed by atoms with van der Waals surface area (Å²) < 4.78 is 5.44. The summed E-state index contributed by atoms with van der Waals surface area (Å²) in [6, 6.07) is 0. The largest absolute Gasteiger partial charge is 0.366 e. The predicted octanol–water partition coefficient (Wildman–Crippen LogP) is 1.14. The van der Waals surface area contributed by atoms with E-state index in [2.05, 4.69) is 6.92 Å². The van der Waals surface area contributed by atoms with Crippen molar-refractivity contribution in [2.75, 3.05) is 19.7 Å². The third kappa shape index (κ3) is 3.76. The highest BCUT2D eigenvalue weighted by Gasteiger charge is 2.41. The van der Waals surface area contributed by atoms with Crippen molar-refractivity contribution in [2.24, 2.45) is 5.73 Å². The van der Waals surface area contributed by atoms with Crippen molar-refractivity contribution < 1.29 is 9.53 Å². The van der Waals surface area contributed by atoms with Gasteiger partial charge in [-0.3, -0.25) is 4.79 Å². The lowest BCUT2D eigenvalue weighted by molar-refractivity contribution is -0.148. The summed E-state index contributed by atoms with van der Waals surface area (Å²) in [5.74, 6) is 0.0482. The molecule has 4 heteroatoms. The third-order valence-electron chi connectivity index (χ3n) is 2.74. The van der Waals surface area contributed by atoms with Gasteiger partial charge in [-0.05, 0) is 27.2 Å². The second-order valence-corrected chi connectivity index (χ2v) is 5.76. The van der Waals surface area contributed by atoms with Crippen LogP contribution in [0.25, 0.3) is 0 Å². The number of hydrogen-bond acceptors (Lipinski definition) is 3. The average molecular weight is 228 g/mol. The van der Waals surface area contributed by atoms with E-state index < -0.39 is 0 Å². The smallest absolute Gasteiger partial charge is 0.248 e. The van der Waals surface area contributed by atoms with Crippen molar-refractivity contribution in [2.45, 2.75) is 51.7 Å². The molecule has 0 radical (unpaired) electrons. The average Bonchev–Trinajstić information content (AvgIpc) is 2.09. The standard InChI is InChI=1S/C12H24N2O2/c1-5-6-12(13)8-14(9-12)10(15)7-16-11(2,3)4/h5-9,13H2,1-4H3. The van der Waals surface area contributed by atoms with E-state index in [0.717, 1.165) is 12.8 Å². The van der Waals surface area contributed by atoms with Crippen LogP contribution in [0.1, 0.15) is 40.5 Å². The number of ether oxygens (including phenoxy) is 1. The van der Waals surface area contributed by atoms with Crippen LogP contribution in [0.3, 0.4) is 0 Å². The highest BCUT2D eigenvalue weighted by molar-refractivity contribution is 5.78. The van der Waals surface area contributed by atoms with E-state index in [1.54, 1.807) is 4.90 Å². The fourth-order valence-electron chi connectivity index (χ4n) is 1.92. The van der Waals surface area contributed by atoms with Crippen molar-refractivity contribution in [1.82, 2.24) is 4.90 Å². The van der Waals surface area contributed by atoms with Crippen LogP contribution < -0.4 is 5.73 Å². The zero-order valence-electron chi connectivity index (χ0n) is 10.9. The van der Waals surface area contributed by atoms with Crippen LogP contribution in [0.5, 0.6) is 0 Å². The van der Waals surface area contributed by atoms with Crippen molar-refractivity contribution in [3.8, 4) is 0 Å². The van der Waals surface area contributed by atoms with Crippen molar-refractivity contribution >= 4 is 5.91 Å². The van der Waals surface area contributed by atoms with Crippen LogP contribution in [-0.2, 0) is 9.53 Å². The molecule has 1 saturated heterocycles. The predicted molar refractivity (Wildman–Crippen MR) is 64.1 cm³/mol. The molecule has 16 heavy (non-hydrogen) atoms. The molecule has 1 aliphatic heterocycles. The van der Waals surface area contributed by atoms with Gasteiger partial charge in [0.1, 0.15) is 6.61 Å². The second-order valence-electron chi connectivity index (χ2n) is 5.76. The maximum atomic E-state index is 11.7. The Morgan fingerprint density at radius 2 is 2.00 bits per heavy atom. The summed E-state index contributed by atoms with van der Waals surface area (Å²) in [6.45, 7) is 9.45. The molecule has 0 spiro atoms. The van der Waals surface area contributed by atoms with Gasteiger partial charge in [-0.1, -0.05) is 13.3 Å². The van der Waals surface area contributed by atoms with E-state index in [1.807, 2.05) is 20.8 Å². The molecule has 1 fully saturated rings. The van der Waals surface area contributed by atoms with E-state index in [-0.39, 0.29) is 23.7 Å². The molecule has 0 bridgehead atoms. The van der Waals surface area contributed by atoms with Crippen LogP contribution in [0.4, 0.5) is 0 Å². The van der Waals surface area contributed by atoms with Gasteiger partial charge in [0.25, 0.3) is 0 Å². The monoisotopic (exact) mass is 228 g/mol. The molecule has 0 saturated carbocycles. The first-order valence-electron chi connectivity index (χ1n) is 5.96. The van der Waals surface area contributed by atoms with E-state index in [1.165, 1.54) is 0 Å². The summed E-state index contributed by atoms with van der Waals surface area (Å²) in [6.07, 6.45) is 2.05. The molecular formula is C12H24N2O2. The lowest BCUT2D eigenvalue weighted by Gasteiger charge is -2.48. The number of amides is 1. The molecule has 0 aromatic carbocycles. The molecular weight excluding hydrogens is 204 g/mol. The number of hydrogen-bond donors (Lipinski definition) is 1. The Labute approximate surface area is 98.1 Å². The second kappa shape index (κ2) is 4.72. The minimum atomic E-state index is -0.260. The van der Waals surface area contributed by atoms with Gasteiger partial charge < -0.3 is 15.4 Å². The molecule has 1 heterocycles. The Kier molecular flexibility index (Phi) is 3.97. The highest BCUT2D eigenvalue weighted by atomic mass is 16.5. The van der Waals surface area contributed by atoms with Crippen molar-refractivity contribution in [3.05, 3.63) is 0 Å². The normalized spacial score (nSPS) is 19.4. The van der Waals surface area contributed by atoms with Gasteiger partial charge in [0.2, 0.25) is 5.91 Å². The summed E-state index contributed by atoms with van der Waals surface area (Å²) in [7, 11) is 0. The quantitative estimate of drug-likeness (QED) is 0.785. The zero-order valence-corrected chi connectivity index (χ0v) is 10.9. The fourth-order valence-corrected chi connectivity index (χ4v) is 1.92. The van der Waals surface area contributed by atoms with Crippen molar-refractivity contribution in [3.63, 3.8) is 0 Å². The summed E-state index contributed by atoms with van der Waals surface area (Å²) in [4.78, 5) is 13.5. The number of nitrogens with two attached hydrogens (primary N) is 1. The molecule has 4 nitrogen and oxygen atoms in total. The lowest BCUT2D eigenvalue weighted by Crippen LogP contribution is -2.69. The van der Waals surface area contributed by atoms with Gasteiger partial charge in [-0.2, -0.15) is 0 Å². The summed E-state index contributed by atoms with van der Waals surface area (Å²) in [5.41, 5.74) is 5.68. The van der Waals surface area contributed by atoms with Crippen molar-refractivity contribution in [1.29, 1.82) is 0 Å². The molecule has 0 aromatic heterocycles. The van der Waals surface area contributed by atoms with Crippen LogP contribution >= 0.6 is 0 Å². The van der Waals surface area contributed by atoms with E-state index >= 15 is 0 Å². The number of likely N-dealkylation sites (tertiary alicyclic amines) is 1. The molecule has 0 atom stereocenters. The lowest BCUT2D eigenvalue weighted by atomic mass is 9.86. The molecule has 0 aromatic rings. The molecule has 94 valence electrons. The third-order valence-corrected chi connectivity index (χ3v) is 2.74. The van der Waals surface area contributed by atoms with Gasteiger partial charge in [-0.25, -0.2) is 0 Å². The van der Waals surface area contributed by atoms with E-state index in [0.29, 0.717) is 13.1 Å². The SMILES string of the molecule is CCCC1(N)CN(C(=O)COC(C)(C)C)C1. The van der Waals surface area contributed by atoms with Crippen LogP contribution in [-0.4, -0.2) is 41.6 Å². The summed E-state index contributed by atoms with van der Waals surface area (Å²) >= 11 is 0. The topological polar surface area (TPSA) is 55.6 Å². The first kappa shape index (κ1) is 13.5. The minimum Gasteiger partial charge on any atom is -0.366 e. The number of carbonyl (C=O) groups excluding carboxylic acids is 1. The molecule has 2 N–H and O–H groups in total. The fraction of sp³-hybridized carbons (Fsp3) is 0.917. The Bertz CT molecular complexity index is 252. The molecule has 1 aliphatic rings. The Balaban J connectivity index is 2.27. The highest BCUT2D eigenvalue weighted by Crippen LogP contribution is 2.23. The van der Waals surface area contributed by atoms with E-state index in [9.17, 15) is 4.79 Å². The Morgan fingerprint density at radius 1 is 1.44 bits per heavy atom. The first-order chi connectivity index (χ1) is 7.26. The molecule has 1 rings (SSSR count). The number of carbonyl (C=O) groups is 1. The molecule has 0 aliphatic carbocycles. The number of nitrogens with zero attached hydrogens (tertiary/aromatic N) is 1. The maximum absolute atomic E-state index is 11.7. The van der Waals surface area contributed by atoms with Crippen LogP contribution in [0.2, 0.25) is 0 Å². The van der Waals surface area contributed by atoms with Gasteiger partial charge in [0.15, 0.2) is 0 Å². The molecule has 0 unspecified atom stereocenters.